The average molecular weight is 502 g/mol. The minimum Gasteiger partial charge on any atom is -0.496 e. The van der Waals surface area contributed by atoms with Crippen LogP contribution in [-0.2, 0) is 9.31 Å². The number of methoxy groups -OCH3 is 1. The number of para-hydroxylation sites is 1. The van der Waals surface area contributed by atoms with Gasteiger partial charge in [0.2, 0.25) is 0 Å². The van der Waals surface area contributed by atoms with E-state index in [0.717, 1.165) is 27.0 Å². The van der Waals surface area contributed by atoms with Crippen LogP contribution in [0.3, 0.4) is 0 Å². The van der Waals surface area contributed by atoms with Gasteiger partial charge in [0.05, 0.1) is 28.6 Å². The molecule has 1 fully saturated rings. The van der Waals surface area contributed by atoms with Crippen molar-refractivity contribution in [1.29, 1.82) is 0 Å². The monoisotopic (exact) mass is 502 g/mol. The maximum absolute atomic E-state index is 13.3. The molecule has 0 radical (unpaired) electrons. The lowest BCUT2D eigenvalue weighted by atomic mass is 9.80. The van der Waals surface area contributed by atoms with Gasteiger partial charge < -0.3 is 14.0 Å². The molecule has 0 spiro atoms. The molecule has 1 aliphatic rings. The Hall–Kier alpha value is -3.34. The third kappa shape index (κ3) is 4.36. The Labute approximate surface area is 214 Å². The van der Waals surface area contributed by atoms with Crippen molar-refractivity contribution in [2.45, 2.75) is 45.8 Å². The van der Waals surface area contributed by atoms with Crippen molar-refractivity contribution < 1.29 is 18.8 Å². The first-order valence-corrected chi connectivity index (χ1v) is 12.4. The Morgan fingerprint density at radius 3 is 2.47 bits per heavy atom. The highest BCUT2D eigenvalue weighted by atomic mass is 32.1. The number of anilines is 1. The van der Waals surface area contributed by atoms with E-state index in [1.165, 1.54) is 11.3 Å². The van der Waals surface area contributed by atoms with Crippen LogP contribution in [0.5, 0.6) is 5.75 Å². The number of carbonyl (C=O) groups is 1. The Balaban J connectivity index is 1.43. The zero-order chi connectivity index (χ0) is 25.7. The van der Waals surface area contributed by atoms with E-state index in [1.807, 2.05) is 71.0 Å². The van der Waals surface area contributed by atoms with Gasteiger partial charge in [-0.15, -0.1) is 0 Å². The van der Waals surface area contributed by atoms with Crippen molar-refractivity contribution in [2.75, 3.05) is 12.4 Å². The fourth-order valence-corrected chi connectivity index (χ4v) is 4.86. The molecule has 0 unspecified atom stereocenters. The summed E-state index contributed by atoms with van der Waals surface area (Å²) in [5, 5.41) is 3.36. The Bertz CT molecular complexity index is 1450. The molecule has 4 aromatic rings. The van der Waals surface area contributed by atoms with Crippen molar-refractivity contribution in [3.05, 3.63) is 60.0 Å². The molecule has 5 rings (SSSR count). The number of hydrogen-bond donors (Lipinski definition) is 1. The zero-order valence-electron chi connectivity index (χ0n) is 21.1. The Morgan fingerprint density at radius 2 is 1.75 bits per heavy atom. The van der Waals surface area contributed by atoms with Crippen molar-refractivity contribution in [1.82, 2.24) is 15.0 Å². The van der Waals surface area contributed by atoms with Gasteiger partial charge in [-0.05, 0) is 52.8 Å². The first kappa shape index (κ1) is 24.4. The zero-order valence-corrected chi connectivity index (χ0v) is 21.9. The fourth-order valence-electron chi connectivity index (χ4n) is 3.99. The SMILES string of the molecule is COc1ccccc1-c1cc(C)ncc1C(=O)Nc1nc2ncc(B3OC(C)(C)C(C)(C)O3)cc2s1. The summed E-state index contributed by atoms with van der Waals surface area (Å²) in [6.07, 6.45) is 3.29. The van der Waals surface area contributed by atoms with Crippen LogP contribution < -0.4 is 15.5 Å². The summed E-state index contributed by atoms with van der Waals surface area (Å²) in [6, 6.07) is 11.4. The molecule has 1 aromatic carbocycles. The maximum atomic E-state index is 13.3. The summed E-state index contributed by atoms with van der Waals surface area (Å²) in [5.74, 6) is 0.366. The number of nitrogens with zero attached hydrogens (tertiary/aromatic N) is 3. The van der Waals surface area contributed by atoms with Crippen LogP contribution in [-0.4, -0.2) is 46.3 Å². The van der Waals surface area contributed by atoms with Gasteiger partial charge in [-0.25, -0.2) is 4.98 Å². The minimum absolute atomic E-state index is 0.311. The van der Waals surface area contributed by atoms with Crippen LogP contribution in [0.25, 0.3) is 21.5 Å². The molecule has 184 valence electrons. The Morgan fingerprint density at radius 1 is 1.03 bits per heavy atom. The minimum atomic E-state index is -0.519. The molecule has 1 saturated heterocycles. The number of aromatic nitrogens is 3. The summed E-state index contributed by atoms with van der Waals surface area (Å²) in [5.41, 5.74) is 3.24. The molecule has 1 aliphatic heterocycles. The predicted octanol–water partition coefficient (Wildman–Crippen LogP) is 4.62. The molecule has 0 saturated carbocycles. The number of rotatable bonds is 5. The summed E-state index contributed by atoms with van der Waals surface area (Å²) in [7, 11) is 1.09. The molecule has 1 N–H and O–H groups in total. The largest absolute Gasteiger partial charge is 0.496 e. The normalized spacial score (nSPS) is 16.3. The lowest BCUT2D eigenvalue weighted by Crippen LogP contribution is -2.41. The van der Waals surface area contributed by atoms with Crippen molar-refractivity contribution >= 4 is 45.3 Å². The van der Waals surface area contributed by atoms with Gasteiger partial charge in [0.1, 0.15) is 5.75 Å². The molecule has 8 nitrogen and oxygen atoms in total. The standard InChI is InChI=1S/C26H27BN4O4S/c1-15-11-18(17-9-7-8-10-20(17)33-6)19(14-28-15)23(32)31-24-30-22-21(36-24)12-16(13-29-22)27-34-25(2,3)26(4,5)35-27/h7-14H,1-6H3,(H,29,30,31,32). The number of amides is 1. The second-order valence-electron chi connectivity index (χ2n) is 9.72. The quantitative estimate of drug-likeness (QED) is 0.398. The van der Waals surface area contributed by atoms with E-state index in [9.17, 15) is 4.79 Å². The summed E-state index contributed by atoms with van der Waals surface area (Å²) >= 11 is 1.34. The smallest absolute Gasteiger partial charge is 0.496 e. The fraction of sp³-hybridized carbons (Fsp3) is 0.308. The van der Waals surface area contributed by atoms with E-state index < -0.39 is 18.3 Å². The molecule has 36 heavy (non-hydrogen) atoms. The molecular formula is C26H27BN4O4S. The topological polar surface area (TPSA) is 95.5 Å². The highest BCUT2D eigenvalue weighted by molar-refractivity contribution is 7.22. The van der Waals surface area contributed by atoms with Crippen molar-refractivity contribution in [3.63, 3.8) is 0 Å². The highest BCUT2D eigenvalue weighted by Crippen LogP contribution is 2.37. The molecule has 3 aromatic heterocycles. The third-order valence-electron chi connectivity index (χ3n) is 6.70. The predicted molar refractivity (Wildman–Crippen MR) is 142 cm³/mol. The molecule has 10 heteroatoms. The van der Waals surface area contributed by atoms with Crippen LogP contribution in [0.4, 0.5) is 5.13 Å². The van der Waals surface area contributed by atoms with E-state index in [0.29, 0.717) is 22.1 Å². The summed E-state index contributed by atoms with van der Waals surface area (Å²) in [4.78, 5) is 26.7. The second-order valence-corrected chi connectivity index (χ2v) is 10.8. The third-order valence-corrected chi connectivity index (χ3v) is 7.60. The van der Waals surface area contributed by atoms with Gasteiger partial charge >= 0.3 is 7.12 Å². The lowest BCUT2D eigenvalue weighted by molar-refractivity contribution is 0.00578. The van der Waals surface area contributed by atoms with Crippen LogP contribution in [0.2, 0.25) is 0 Å². The van der Waals surface area contributed by atoms with Gasteiger partial charge in [0.25, 0.3) is 5.91 Å². The first-order chi connectivity index (χ1) is 17.1. The lowest BCUT2D eigenvalue weighted by Gasteiger charge is -2.32. The van der Waals surface area contributed by atoms with Gasteiger partial charge in [-0.2, -0.15) is 4.98 Å². The van der Waals surface area contributed by atoms with Crippen molar-refractivity contribution in [2.24, 2.45) is 0 Å². The molecule has 0 atom stereocenters. The maximum Gasteiger partial charge on any atom is 0.496 e. The van der Waals surface area contributed by atoms with Gasteiger partial charge in [0.15, 0.2) is 10.8 Å². The first-order valence-electron chi connectivity index (χ1n) is 11.6. The number of pyridine rings is 2. The van der Waals surface area contributed by atoms with E-state index in [-0.39, 0.29) is 5.91 Å². The number of nitrogens with one attached hydrogen (secondary N) is 1. The van der Waals surface area contributed by atoms with Gasteiger partial charge in [-0.1, -0.05) is 29.5 Å². The number of fused-ring (bicyclic) bond motifs is 1. The van der Waals surface area contributed by atoms with E-state index in [1.54, 1.807) is 19.5 Å². The number of ether oxygens (including phenoxy) is 1. The van der Waals surface area contributed by atoms with Crippen molar-refractivity contribution in [3.8, 4) is 16.9 Å². The van der Waals surface area contributed by atoms with Crippen LogP contribution in [0, 0.1) is 6.92 Å². The average Bonchev–Trinajstić information content (AvgIpc) is 3.33. The van der Waals surface area contributed by atoms with Gasteiger partial charge in [0, 0.05) is 34.7 Å². The number of carbonyl (C=O) groups excluding carboxylic acids is 1. The molecule has 1 amide bonds. The number of benzene rings is 1. The van der Waals surface area contributed by atoms with E-state index in [2.05, 4.69) is 20.3 Å². The van der Waals surface area contributed by atoms with Gasteiger partial charge in [-0.3, -0.25) is 15.1 Å². The molecule has 0 bridgehead atoms. The number of aryl methyl sites for hydroxylation is 1. The van der Waals surface area contributed by atoms with E-state index >= 15 is 0 Å². The number of thiazole rings is 1. The van der Waals surface area contributed by atoms with Crippen LogP contribution in [0.15, 0.2) is 48.8 Å². The van der Waals surface area contributed by atoms with Crippen LogP contribution in [0.1, 0.15) is 43.7 Å². The summed E-state index contributed by atoms with van der Waals surface area (Å²) < 4.78 is 18.6. The van der Waals surface area contributed by atoms with Crippen LogP contribution >= 0.6 is 11.3 Å². The second kappa shape index (κ2) is 8.95. The summed E-state index contributed by atoms with van der Waals surface area (Å²) in [6.45, 7) is 9.94. The molecule has 4 heterocycles. The highest BCUT2D eigenvalue weighted by Gasteiger charge is 2.51. The number of hydrogen-bond acceptors (Lipinski definition) is 8. The molecule has 0 aliphatic carbocycles. The molecular weight excluding hydrogens is 475 g/mol. The van der Waals surface area contributed by atoms with E-state index in [4.69, 9.17) is 14.0 Å². The Kier molecular flexibility index (Phi) is 6.06.